The Labute approximate surface area is 92.5 Å². The summed E-state index contributed by atoms with van der Waals surface area (Å²) in [5, 5.41) is 2.70. The third-order valence-electron chi connectivity index (χ3n) is 2.03. The van der Waals surface area contributed by atoms with Crippen molar-refractivity contribution in [2.75, 3.05) is 6.54 Å². The molecule has 1 N–H and O–H groups in total. The Morgan fingerprint density at radius 2 is 2.38 bits per heavy atom. The molecule has 2 heterocycles. The number of rotatable bonds is 2. The van der Waals surface area contributed by atoms with Crippen LogP contribution >= 0.6 is 0 Å². The van der Waals surface area contributed by atoms with Crippen molar-refractivity contribution in [3.8, 4) is 0 Å². The summed E-state index contributed by atoms with van der Waals surface area (Å²) in [6.07, 6.45) is 2.98. The number of hydrogen-bond donors (Lipinski definition) is 1. The molecule has 2 rings (SSSR count). The summed E-state index contributed by atoms with van der Waals surface area (Å²) >= 11 is 0. The Hall–Kier alpha value is -1.98. The fourth-order valence-corrected chi connectivity index (χ4v) is 1.15. The van der Waals surface area contributed by atoms with Crippen LogP contribution in [0.4, 0.5) is 0 Å². The first-order valence-electron chi connectivity index (χ1n) is 4.99. The van der Waals surface area contributed by atoms with E-state index >= 15 is 0 Å². The Kier molecular flexibility index (Phi) is 2.80. The largest absolute Gasteiger partial charge is 0.442 e. The average molecular weight is 220 g/mol. The summed E-state index contributed by atoms with van der Waals surface area (Å²) in [6, 6.07) is 0. The lowest BCUT2D eigenvalue weighted by Gasteiger charge is -2.05. The quantitative estimate of drug-likeness (QED) is 0.792. The normalized spacial score (nSPS) is 14.9. The molecule has 0 atom stereocenters. The second kappa shape index (κ2) is 4.26. The first kappa shape index (κ1) is 10.5. The molecule has 1 aromatic heterocycles. The summed E-state index contributed by atoms with van der Waals surface area (Å²) in [4.78, 5) is 23.6. The van der Waals surface area contributed by atoms with Gasteiger partial charge in [-0.1, -0.05) is 13.8 Å². The Morgan fingerprint density at radius 3 is 3.00 bits per heavy atom. The maximum absolute atomic E-state index is 11.4. The molecule has 1 aromatic rings. The van der Waals surface area contributed by atoms with E-state index in [1.54, 1.807) is 0 Å². The maximum atomic E-state index is 11.4. The number of amidine groups is 2. The van der Waals surface area contributed by atoms with Gasteiger partial charge in [0.2, 0.25) is 11.7 Å². The second-order valence-corrected chi connectivity index (χ2v) is 3.68. The van der Waals surface area contributed by atoms with Crippen LogP contribution in [0.15, 0.2) is 26.9 Å². The van der Waals surface area contributed by atoms with Gasteiger partial charge < -0.3 is 9.73 Å². The van der Waals surface area contributed by atoms with Crippen molar-refractivity contribution in [1.82, 2.24) is 10.3 Å². The lowest BCUT2D eigenvalue weighted by Crippen LogP contribution is -2.34. The van der Waals surface area contributed by atoms with Gasteiger partial charge in [0, 0.05) is 5.92 Å². The number of nitrogens with one attached hydrogen (secondary N) is 1. The Morgan fingerprint density at radius 1 is 1.56 bits per heavy atom. The highest BCUT2D eigenvalue weighted by Gasteiger charge is 2.17. The molecular weight excluding hydrogens is 208 g/mol. The first-order chi connectivity index (χ1) is 7.66. The minimum atomic E-state index is -0.0755. The highest BCUT2D eigenvalue weighted by molar-refractivity contribution is 6.12. The third kappa shape index (κ3) is 2.16. The molecule has 0 fully saturated rings. The van der Waals surface area contributed by atoms with Crippen molar-refractivity contribution >= 4 is 17.6 Å². The molecule has 0 saturated heterocycles. The van der Waals surface area contributed by atoms with E-state index in [4.69, 9.17) is 4.42 Å². The van der Waals surface area contributed by atoms with Gasteiger partial charge in [-0.05, 0) is 0 Å². The Balaban J connectivity index is 2.03. The lowest BCUT2D eigenvalue weighted by atomic mass is 10.2. The molecular formula is C10H12N4O2. The second-order valence-electron chi connectivity index (χ2n) is 3.68. The van der Waals surface area contributed by atoms with Crippen molar-refractivity contribution in [2.45, 2.75) is 13.8 Å². The summed E-state index contributed by atoms with van der Waals surface area (Å²) in [6.45, 7) is 4.00. The minimum Gasteiger partial charge on any atom is -0.442 e. The lowest BCUT2D eigenvalue weighted by molar-refractivity contribution is -0.122. The third-order valence-corrected chi connectivity index (χ3v) is 2.03. The molecule has 1 amide bonds. The van der Waals surface area contributed by atoms with E-state index in [0.717, 1.165) is 0 Å². The SMILES string of the molecule is CC(C)C(=O)NC1=NC(c2ncco2)=NC1. The summed E-state index contributed by atoms with van der Waals surface area (Å²) < 4.78 is 5.06. The summed E-state index contributed by atoms with van der Waals surface area (Å²) in [5.74, 6) is 1.18. The topological polar surface area (TPSA) is 79.9 Å². The van der Waals surface area contributed by atoms with Crippen molar-refractivity contribution < 1.29 is 9.21 Å². The number of hydrogen-bond acceptors (Lipinski definition) is 5. The van der Waals surface area contributed by atoms with Crippen molar-refractivity contribution in [3.05, 3.63) is 18.4 Å². The molecule has 0 spiro atoms. The van der Waals surface area contributed by atoms with Crippen LogP contribution in [0.5, 0.6) is 0 Å². The zero-order valence-electron chi connectivity index (χ0n) is 9.10. The van der Waals surface area contributed by atoms with Gasteiger partial charge in [0.1, 0.15) is 12.1 Å². The van der Waals surface area contributed by atoms with E-state index in [1.807, 2.05) is 13.8 Å². The zero-order chi connectivity index (χ0) is 11.5. The van der Waals surface area contributed by atoms with E-state index in [9.17, 15) is 4.79 Å². The molecule has 0 unspecified atom stereocenters. The van der Waals surface area contributed by atoms with Gasteiger partial charge in [-0.25, -0.2) is 9.98 Å². The molecule has 6 heteroatoms. The summed E-state index contributed by atoms with van der Waals surface area (Å²) in [5.41, 5.74) is 0. The predicted octanol–water partition coefficient (Wildman–Crippen LogP) is 0.605. The number of amides is 1. The monoisotopic (exact) mass is 220 g/mol. The molecule has 16 heavy (non-hydrogen) atoms. The van der Waals surface area contributed by atoms with Crippen LogP contribution in [0.25, 0.3) is 0 Å². The van der Waals surface area contributed by atoms with Gasteiger partial charge in [-0.3, -0.25) is 9.79 Å². The van der Waals surface area contributed by atoms with Crippen molar-refractivity contribution in [2.24, 2.45) is 15.9 Å². The van der Waals surface area contributed by atoms with Gasteiger partial charge in [-0.15, -0.1) is 0 Å². The standard InChI is InChI=1S/C10H12N4O2/c1-6(2)9(15)14-7-5-12-8(13-7)10-11-3-4-16-10/h3-4,6H,5H2,1-2H3,(H,12,13,14,15). The smallest absolute Gasteiger partial charge is 0.264 e. The highest BCUT2D eigenvalue weighted by Crippen LogP contribution is 2.05. The van der Waals surface area contributed by atoms with E-state index in [2.05, 4.69) is 20.3 Å². The number of aliphatic imine (C=N–C) groups is 2. The molecule has 6 nitrogen and oxygen atoms in total. The van der Waals surface area contributed by atoms with Gasteiger partial charge in [0.15, 0.2) is 0 Å². The molecule has 0 saturated carbocycles. The highest BCUT2D eigenvalue weighted by atomic mass is 16.3. The van der Waals surface area contributed by atoms with E-state index < -0.39 is 0 Å². The molecule has 1 aliphatic heterocycles. The minimum absolute atomic E-state index is 0.0670. The number of nitrogens with zero attached hydrogens (tertiary/aromatic N) is 3. The Bertz CT molecular complexity index is 445. The first-order valence-corrected chi connectivity index (χ1v) is 4.99. The van der Waals surface area contributed by atoms with Crippen molar-refractivity contribution in [3.63, 3.8) is 0 Å². The summed E-state index contributed by atoms with van der Waals surface area (Å²) in [7, 11) is 0. The molecule has 0 aliphatic carbocycles. The van der Waals surface area contributed by atoms with E-state index in [0.29, 0.717) is 24.1 Å². The average Bonchev–Trinajstić information content (AvgIpc) is 2.85. The van der Waals surface area contributed by atoms with Crippen LogP contribution in [0.1, 0.15) is 19.7 Å². The van der Waals surface area contributed by atoms with Gasteiger partial charge in [0.25, 0.3) is 5.89 Å². The molecule has 84 valence electrons. The number of oxazole rings is 1. The fourth-order valence-electron chi connectivity index (χ4n) is 1.15. The molecule has 0 aromatic carbocycles. The van der Waals surface area contributed by atoms with Crippen LogP contribution in [0.3, 0.4) is 0 Å². The van der Waals surface area contributed by atoms with Crippen LogP contribution in [-0.2, 0) is 4.79 Å². The number of carbonyl (C=O) groups excluding carboxylic acids is 1. The van der Waals surface area contributed by atoms with Crippen LogP contribution in [-0.4, -0.2) is 29.1 Å². The van der Waals surface area contributed by atoms with Crippen molar-refractivity contribution in [1.29, 1.82) is 0 Å². The van der Waals surface area contributed by atoms with Crippen LogP contribution < -0.4 is 5.32 Å². The van der Waals surface area contributed by atoms with Crippen LogP contribution in [0, 0.1) is 5.92 Å². The molecule has 0 bridgehead atoms. The van der Waals surface area contributed by atoms with E-state index in [1.165, 1.54) is 12.5 Å². The van der Waals surface area contributed by atoms with Crippen LogP contribution in [0.2, 0.25) is 0 Å². The zero-order valence-corrected chi connectivity index (χ0v) is 9.10. The predicted molar refractivity (Wildman–Crippen MR) is 58.3 cm³/mol. The maximum Gasteiger partial charge on any atom is 0.264 e. The number of carbonyl (C=O) groups is 1. The van der Waals surface area contributed by atoms with Gasteiger partial charge >= 0.3 is 0 Å². The fraction of sp³-hybridized carbons (Fsp3) is 0.400. The van der Waals surface area contributed by atoms with Gasteiger partial charge in [0.05, 0.1) is 12.7 Å². The van der Waals surface area contributed by atoms with Gasteiger partial charge in [-0.2, -0.15) is 0 Å². The molecule has 0 radical (unpaired) electrons. The van der Waals surface area contributed by atoms with E-state index in [-0.39, 0.29) is 11.8 Å². The molecule has 1 aliphatic rings. The number of aromatic nitrogens is 1.